The summed E-state index contributed by atoms with van der Waals surface area (Å²) in [4.78, 5) is 11.8. The van der Waals surface area contributed by atoms with Gasteiger partial charge in [-0.15, -0.1) is 10.2 Å². The van der Waals surface area contributed by atoms with Crippen LogP contribution < -0.4 is 20.6 Å². The molecule has 2 aromatic rings. The molecule has 0 bridgehead atoms. The fourth-order valence-electron chi connectivity index (χ4n) is 2.05. The fourth-order valence-corrected chi connectivity index (χ4v) is 2.85. The molecule has 0 unspecified atom stereocenters. The molecule has 0 aliphatic heterocycles. The van der Waals surface area contributed by atoms with Crippen LogP contribution in [0, 0.1) is 0 Å². The third-order valence-electron chi connectivity index (χ3n) is 3.32. The van der Waals surface area contributed by atoms with Gasteiger partial charge in [0.05, 0.1) is 25.0 Å². The molecule has 1 amide bonds. The Morgan fingerprint density at radius 2 is 2.12 bits per heavy atom. The van der Waals surface area contributed by atoms with E-state index in [2.05, 4.69) is 15.5 Å². The van der Waals surface area contributed by atoms with Crippen molar-refractivity contribution < 1.29 is 14.3 Å². The standard InChI is InChI=1S/C15H21N5O3S/c1-5-17-14(21)9(2)24-15-19-18-13(20(15)16)11-7-6-10(22-3)8-12(11)23-4/h6-9H,5,16H2,1-4H3,(H,17,21)/t9-/m1/s1. The van der Waals surface area contributed by atoms with Crippen molar-refractivity contribution in [2.24, 2.45) is 0 Å². The minimum absolute atomic E-state index is 0.0749. The third kappa shape index (κ3) is 3.73. The lowest BCUT2D eigenvalue weighted by Gasteiger charge is -2.11. The average Bonchev–Trinajstić information content (AvgIpc) is 2.95. The van der Waals surface area contributed by atoms with Crippen molar-refractivity contribution in [2.45, 2.75) is 24.3 Å². The second kappa shape index (κ2) is 7.91. The Hall–Kier alpha value is -2.42. The van der Waals surface area contributed by atoms with E-state index in [0.717, 1.165) is 0 Å². The first-order valence-electron chi connectivity index (χ1n) is 7.39. The van der Waals surface area contributed by atoms with E-state index < -0.39 is 0 Å². The van der Waals surface area contributed by atoms with Gasteiger partial charge in [0, 0.05) is 12.6 Å². The lowest BCUT2D eigenvalue weighted by atomic mass is 10.2. The zero-order chi connectivity index (χ0) is 17.7. The summed E-state index contributed by atoms with van der Waals surface area (Å²) >= 11 is 1.24. The van der Waals surface area contributed by atoms with Crippen LogP contribution in [0.1, 0.15) is 13.8 Å². The largest absolute Gasteiger partial charge is 0.497 e. The van der Waals surface area contributed by atoms with Crippen molar-refractivity contribution in [2.75, 3.05) is 26.6 Å². The smallest absolute Gasteiger partial charge is 0.233 e. The quantitative estimate of drug-likeness (QED) is 0.572. The van der Waals surface area contributed by atoms with Crippen molar-refractivity contribution in [1.82, 2.24) is 20.2 Å². The summed E-state index contributed by atoms with van der Waals surface area (Å²) in [5, 5.41) is 11.1. The molecule has 1 heterocycles. The summed E-state index contributed by atoms with van der Waals surface area (Å²) in [6.07, 6.45) is 0. The van der Waals surface area contributed by atoms with Gasteiger partial charge in [-0.25, -0.2) is 4.68 Å². The zero-order valence-electron chi connectivity index (χ0n) is 14.1. The molecule has 0 saturated heterocycles. The summed E-state index contributed by atoms with van der Waals surface area (Å²) in [6, 6.07) is 5.33. The van der Waals surface area contributed by atoms with Gasteiger partial charge in [0.2, 0.25) is 11.1 Å². The number of nitrogens with zero attached hydrogens (tertiary/aromatic N) is 3. The monoisotopic (exact) mass is 351 g/mol. The van der Waals surface area contributed by atoms with E-state index in [1.165, 1.54) is 16.4 Å². The first kappa shape index (κ1) is 17.9. The van der Waals surface area contributed by atoms with E-state index in [4.69, 9.17) is 15.3 Å². The number of nitrogen functional groups attached to an aromatic ring is 1. The van der Waals surface area contributed by atoms with Crippen LogP contribution in [0.2, 0.25) is 0 Å². The number of aromatic nitrogens is 3. The maximum atomic E-state index is 11.8. The summed E-state index contributed by atoms with van der Waals surface area (Å²) in [5.74, 6) is 7.71. The van der Waals surface area contributed by atoms with Crippen molar-refractivity contribution in [1.29, 1.82) is 0 Å². The molecular formula is C15H21N5O3S. The lowest BCUT2D eigenvalue weighted by Crippen LogP contribution is -2.31. The molecule has 1 aromatic heterocycles. The number of ether oxygens (including phenoxy) is 2. The van der Waals surface area contributed by atoms with Gasteiger partial charge in [-0.05, 0) is 26.0 Å². The number of carbonyl (C=O) groups is 1. The minimum Gasteiger partial charge on any atom is -0.497 e. The molecule has 1 atom stereocenters. The molecule has 1 aromatic carbocycles. The number of benzene rings is 1. The lowest BCUT2D eigenvalue weighted by molar-refractivity contribution is -0.120. The van der Waals surface area contributed by atoms with Gasteiger partial charge < -0.3 is 20.6 Å². The van der Waals surface area contributed by atoms with Gasteiger partial charge in [0.25, 0.3) is 0 Å². The molecule has 3 N–H and O–H groups in total. The van der Waals surface area contributed by atoms with Crippen molar-refractivity contribution in [3.63, 3.8) is 0 Å². The van der Waals surface area contributed by atoms with E-state index in [0.29, 0.717) is 34.6 Å². The summed E-state index contributed by atoms with van der Waals surface area (Å²) < 4.78 is 11.9. The van der Waals surface area contributed by atoms with E-state index in [1.54, 1.807) is 39.3 Å². The Bertz CT molecular complexity index is 719. The van der Waals surface area contributed by atoms with E-state index in [-0.39, 0.29) is 11.2 Å². The van der Waals surface area contributed by atoms with Crippen LogP contribution in [-0.2, 0) is 4.79 Å². The Labute approximate surface area is 144 Å². The first-order valence-corrected chi connectivity index (χ1v) is 8.27. The molecule has 24 heavy (non-hydrogen) atoms. The summed E-state index contributed by atoms with van der Waals surface area (Å²) in [5.41, 5.74) is 0.686. The number of amides is 1. The number of hydrogen-bond donors (Lipinski definition) is 2. The third-order valence-corrected chi connectivity index (χ3v) is 4.37. The topological polar surface area (TPSA) is 104 Å². The van der Waals surface area contributed by atoms with Gasteiger partial charge in [-0.1, -0.05) is 11.8 Å². The van der Waals surface area contributed by atoms with Gasteiger partial charge in [0.1, 0.15) is 11.5 Å². The predicted octanol–water partition coefficient (Wildman–Crippen LogP) is 1.29. The molecular weight excluding hydrogens is 330 g/mol. The van der Waals surface area contributed by atoms with Gasteiger partial charge >= 0.3 is 0 Å². The van der Waals surface area contributed by atoms with Crippen molar-refractivity contribution >= 4 is 17.7 Å². The van der Waals surface area contributed by atoms with E-state index >= 15 is 0 Å². The minimum atomic E-state index is -0.331. The van der Waals surface area contributed by atoms with Crippen LogP contribution in [0.4, 0.5) is 0 Å². The number of hydrogen-bond acceptors (Lipinski definition) is 7. The Morgan fingerprint density at radius 3 is 2.75 bits per heavy atom. The molecule has 0 aliphatic rings. The second-order valence-electron chi connectivity index (χ2n) is 4.90. The van der Waals surface area contributed by atoms with Crippen LogP contribution in [0.25, 0.3) is 11.4 Å². The molecule has 9 heteroatoms. The summed E-state index contributed by atoms with van der Waals surface area (Å²) in [6.45, 7) is 4.24. The van der Waals surface area contributed by atoms with E-state index in [1.807, 2.05) is 6.92 Å². The van der Waals surface area contributed by atoms with Crippen LogP contribution in [0.3, 0.4) is 0 Å². The number of nitrogens with two attached hydrogens (primary N) is 1. The van der Waals surface area contributed by atoms with Crippen LogP contribution >= 0.6 is 11.8 Å². The normalized spacial score (nSPS) is 11.8. The van der Waals surface area contributed by atoms with Crippen LogP contribution in [0.5, 0.6) is 11.5 Å². The van der Waals surface area contributed by atoms with E-state index in [9.17, 15) is 4.79 Å². The predicted molar refractivity (Wildman–Crippen MR) is 92.7 cm³/mol. The van der Waals surface area contributed by atoms with Crippen molar-refractivity contribution in [3.8, 4) is 22.9 Å². The van der Waals surface area contributed by atoms with Gasteiger partial charge in [0.15, 0.2) is 5.82 Å². The highest BCUT2D eigenvalue weighted by molar-refractivity contribution is 8.00. The maximum absolute atomic E-state index is 11.8. The molecule has 2 rings (SSSR count). The van der Waals surface area contributed by atoms with Crippen LogP contribution in [0.15, 0.2) is 23.4 Å². The highest BCUT2D eigenvalue weighted by Gasteiger charge is 2.21. The summed E-state index contributed by atoms with van der Waals surface area (Å²) in [7, 11) is 3.14. The van der Waals surface area contributed by atoms with Crippen molar-refractivity contribution in [3.05, 3.63) is 18.2 Å². The average molecular weight is 351 g/mol. The first-order chi connectivity index (χ1) is 11.5. The molecule has 8 nitrogen and oxygen atoms in total. The molecule has 0 radical (unpaired) electrons. The van der Waals surface area contributed by atoms with Crippen LogP contribution in [-0.4, -0.2) is 46.8 Å². The molecule has 0 aliphatic carbocycles. The number of rotatable bonds is 7. The number of carbonyl (C=O) groups excluding carboxylic acids is 1. The number of thioether (sulfide) groups is 1. The Morgan fingerprint density at radius 1 is 1.38 bits per heavy atom. The fraction of sp³-hybridized carbons (Fsp3) is 0.400. The number of methoxy groups -OCH3 is 2. The number of nitrogens with one attached hydrogen (secondary N) is 1. The molecule has 0 fully saturated rings. The highest BCUT2D eigenvalue weighted by atomic mass is 32.2. The second-order valence-corrected chi connectivity index (χ2v) is 6.21. The zero-order valence-corrected chi connectivity index (χ0v) is 14.9. The Balaban J connectivity index is 2.28. The highest BCUT2D eigenvalue weighted by Crippen LogP contribution is 2.33. The van der Waals surface area contributed by atoms with Gasteiger partial charge in [-0.2, -0.15) is 0 Å². The molecule has 0 saturated carbocycles. The molecule has 0 spiro atoms. The van der Waals surface area contributed by atoms with Gasteiger partial charge in [-0.3, -0.25) is 4.79 Å². The Kier molecular flexibility index (Phi) is 5.91. The maximum Gasteiger partial charge on any atom is 0.233 e. The molecule has 130 valence electrons. The SMILES string of the molecule is CCNC(=O)[C@@H](C)Sc1nnc(-c2ccc(OC)cc2OC)n1N.